The molecule has 38 heavy (non-hydrogen) atoms. The fourth-order valence-electron chi connectivity index (χ4n) is 4.35. The summed E-state index contributed by atoms with van der Waals surface area (Å²) in [4.78, 5) is 14.9. The molecule has 8 nitrogen and oxygen atoms in total. The van der Waals surface area contributed by atoms with Crippen LogP contribution in [0.25, 0.3) is 0 Å². The van der Waals surface area contributed by atoms with Crippen LogP contribution in [-0.4, -0.2) is 76.7 Å². The van der Waals surface area contributed by atoms with Gasteiger partial charge in [0.25, 0.3) is 6.43 Å². The molecule has 1 fully saturated rings. The van der Waals surface area contributed by atoms with Gasteiger partial charge in [0.15, 0.2) is 5.82 Å². The second-order valence-electron chi connectivity index (χ2n) is 9.48. The van der Waals surface area contributed by atoms with Gasteiger partial charge in [-0.15, -0.1) is 0 Å². The number of aliphatic imine (C=N–C) groups is 2. The number of nitrogens with zero attached hydrogens (tertiary/aromatic N) is 4. The van der Waals surface area contributed by atoms with E-state index in [0.717, 1.165) is 11.6 Å². The molecule has 1 aromatic carbocycles. The van der Waals surface area contributed by atoms with E-state index in [1.165, 1.54) is 19.2 Å². The molecule has 1 aliphatic heterocycles. The van der Waals surface area contributed by atoms with Crippen LogP contribution in [0.1, 0.15) is 60.4 Å². The summed E-state index contributed by atoms with van der Waals surface area (Å²) in [7, 11) is 2.27. The molecule has 3 rings (SSSR count). The van der Waals surface area contributed by atoms with Gasteiger partial charge in [0.1, 0.15) is 28.1 Å². The lowest BCUT2D eigenvalue weighted by Crippen LogP contribution is -2.29. The average molecular weight is 554 g/mol. The van der Waals surface area contributed by atoms with Gasteiger partial charge in [-0.05, 0) is 52.6 Å². The van der Waals surface area contributed by atoms with Crippen molar-refractivity contribution in [2.24, 2.45) is 9.98 Å². The first-order chi connectivity index (χ1) is 18.0. The summed E-state index contributed by atoms with van der Waals surface area (Å²) in [6.07, 6.45) is -2.10. The number of sulfone groups is 1. The SMILES string of the molecule is C=Nc1nc(OCCN(C)C)c(C2CCS(=O)(=O)CC2)cc1/C(=N\C)N[C@H](C)c1cccc(C(F)F)c1F. The molecular formula is C26H34F3N5O3S. The number of nitrogens with one attached hydrogen (secondary N) is 1. The van der Waals surface area contributed by atoms with E-state index in [1.54, 1.807) is 13.0 Å². The van der Waals surface area contributed by atoms with E-state index < -0.39 is 33.7 Å². The van der Waals surface area contributed by atoms with E-state index in [-0.39, 0.29) is 28.8 Å². The van der Waals surface area contributed by atoms with E-state index in [9.17, 15) is 21.6 Å². The molecule has 0 aliphatic carbocycles. The Morgan fingerprint density at radius 1 is 1.26 bits per heavy atom. The summed E-state index contributed by atoms with van der Waals surface area (Å²) >= 11 is 0. The van der Waals surface area contributed by atoms with Crippen LogP contribution in [0.4, 0.5) is 19.0 Å². The Bertz CT molecular complexity index is 1270. The third-order valence-electron chi connectivity index (χ3n) is 6.51. The molecule has 1 atom stereocenters. The smallest absolute Gasteiger partial charge is 0.266 e. The molecule has 208 valence electrons. The first-order valence-electron chi connectivity index (χ1n) is 12.3. The molecule has 0 saturated carbocycles. The molecule has 0 unspecified atom stereocenters. The third kappa shape index (κ3) is 7.10. The fourth-order valence-corrected chi connectivity index (χ4v) is 5.84. The van der Waals surface area contributed by atoms with E-state index in [2.05, 4.69) is 27.0 Å². The lowest BCUT2D eigenvalue weighted by Gasteiger charge is -2.26. The summed E-state index contributed by atoms with van der Waals surface area (Å²) < 4.78 is 71.4. The quantitative estimate of drug-likeness (QED) is 0.345. The molecule has 0 spiro atoms. The summed E-state index contributed by atoms with van der Waals surface area (Å²) in [5.41, 5.74) is 0.576. The van der Waals surface area contributed by atoms with Gasteiger partial charge in [-0.3, -0.25) is 4.99 Å². The van der Waals surface area contributed by atoms with E-state index in [4.69, 9.17) is 4.74 Å². The number of amidine groups is 1. The second-order valence-corrected chi connectivity index (χ2v) is 11.8. The van der Waals surface area contributed by atoms with Crippen molar-refractivity contribution < 1.29 is 26.3 Å². The Hall–Kier alpha value is -2.99. The van der Waals surface area contributed by atoms with Crippen molar-refractivity contribution in [3.63, 3.8) is 0 Å². The topological polar surface area (TPSA) is 96.3 Å². The average Bonchev–Trinajstić information content (AvgIpc) is 2.86. The number of alkyl halides is 2. The Morgan fingerprint density at radius 2 is 1.92 bits per heavy atom. The molecule has 1 aliphatic rings. The first kappa shape index (κ1) is 29.6. The minimum Gasteiger partial charge on any atom is -0.476 e. The van der Waals surface area contributed by atoms with Crippen molar-refractivity contribution in [1.82, 2.24) is 15.2 Å². The molecular weight excluding hydrogens is 519 g/mol. The molecule has 12 heteroatoms. The van der Waals surface area contributed by atoms with Crippen LogP contribution in [-0.2, 0) is 9.84 Å². The largest absolute Gasteiger partial charge is 0.476 e. The molecule has 1 aromatic heterocycles. The van der Waals surface area contributed by atoms with Gasteiger partial charge < -0.3 is 15.0 Å². The number of rotatable bonds is 10. The van der Waals surface area contributed by atoms with Crippen molar-refractivity contribution in [1.29, 1.82) is 0 Å². The van der Waals surface area contributed by atoms with Crippen molar-refractivity contribution in [2.75, 3.05) is 45.8 Å². The van der Waals surface area contributed by atoms with Crippen LogP contribution >= 0.6 is 0 Å². The van der Waals surface area contributed by atoms with Gasteiger partial charge in [-0.25, -0.2) is 26.6 Å². The zero-order valence-electron chi connectivity index (χ0n) is 22.0. The highest BCUT2D eigenvalue weighted by Gasteiger charge is 2.29. The van der Waals surface area contributed by atoms with Crippen molar-refractivity contribution in [2.45, 2.75) is 38.2 Å². The zero-order chi connectivity index (χ0) is 28.0. The van der Waals surface area contributed by atoms with Crippen LogP contribution in [0.15, 0.2) is 34.3 Å². The standard InChI is InChI=1S/C26H34F3N5O3S/c1-16(18-7-6-8-19(22(18)27)23(28)29)32-24(30-2)21-15-20(17-9-13-38(35,36)14-10-17)26(33-25(21)31-3)37-12-11-34(4)5/h6-8,15-17,23H,3,9-14H2,1-2,4-5H3,(H,30,32)/t16-/m1/s1. The first-order valence-corrected chi connectivity index (χ1v) is 14.1. The predicted molar refractivity (Wildman–Crippen MR) is 143 cm³/mol. The zero-order valence-corrected chi connectivity index (χ0v) is 22.9. The Kier molecular flexibility index (Phi) is 9.88. The lowest BCUT2D eigenvalue weighted by atomic mass is 9.92. The number of pyridine rings is 1. The molecule has 1 N–H and O–H groups in total. The number of likely N-dealkylation sites (N-methyl/N-ethyl adjacent to an activating group) is 1. The Balaban J connectivity index is 2.00. The Morgan fingerprint density at radius 3 is 2.50 bits per heavy atom. The lowest BCUT2D eigenvalue weighted by molar-refractivity contribution is 0.146. The fraction of sp³-hybridized carbons (Fsp3) is 0.500. The molecule has 0 radical (unpaired) electrons. The van der Waals surface area contributed by atoms with Crippen molar-refractivity contribution in [3.05, 3.63) is 52.3 Å². The third-order valence-corrected chi connectivity index (χ3v) is 8.22. The highest BCUT2D eigenvalue weighted by atomic mass is 32.2. The van der Waals surface area contributed by atoms with Gasteiger partial charge in [-0.2, -0.15) is 4.98 Å². The number of hydrogen-bond donors (Lipinski definition) is 1. The van der Waals surface area contributed by atoms with Crippen molar-refractivity contribution >= 4 is 28.2 Å². The molecule has 2 heterocycles. The van der Waals surface area contributed by atoms with E-state index >= 15 is 0 Å². The summed E-state index contributed by atoms with van der Waals surface area (Å²) in [6, 6.07) is 4.96. The summed E-state index contributed by atoms with van der Waals surface area (Å²) in [5.74, 6) is -0.0926. The number of benzene rings is 1. The number of hydrogen-bond acceptors (Lipinski definition) is 7. The van der Waals surface area contributed by atoms with Crippen LogP contribution in [0.5, 0.6) is 5.88 Å². The number of aromatic nitrogens is 1. The maximum Gasteiger partial charge on any atom is 0.266 e. The highest BCUT2D eigenvalue weighted by Crippen LogP contribution is 2.37. The van der Waals surface area contributed by atoms with Gasteiger partial charge in [0, 0.05) is 24.7 Å². The van der Waals surface area contributed by atoms with Gasteiger partial charge in [0.05, 0.1) is 28.7 Å². The molecule has 0 amide bonds. The van der Waals surface area contributed by atoms with Crippen LogP contribution in [0.2, 0.25) is 0 Å². The monoisotopic (exact) mass is 553 g/mol. The van der Waals surface area contributed by atoms with Gasteiger partial charge >= 0.3 is 0 Å². The van der Waals surface area contributed by atoms with E-state index in [0.29, 0.717) is 43.3 Å². The minimum atomic E-state index is -3.09. The minimum absolute atomic E-state index is 0.0615. The van der Waals surface area contributed by atoms with Crippen molar-refractivity contribution in [3.8, 4) is 5.88 Å². The highest BCUT2D eigenvalue weighted by molar-refractivity contribution is 7.91. The molecule has 1 saturated heterocycles. The maximum absolute atomic E-state index is 14.8. The maximum atomic E-state index is 14.8. The Labute approximate surface area is 222 Å². The normalized spacial score (nSPS) is 17.0. The van der Waals surface area contributed by atoms with Crippen LogP contribution in [0.3, 0.4) is 0 Å². The summed E-state index contributed by atoms with van der Waals surface area (Å²) in [5, 5.41) is 3.10. The molecule has 0 bridgehead atoms. The van der Waals surface area contributed by atoms with E-state index in [1.807, 2.05) is 19.0 Å². The summed E-state index contributed by atoms with van der Waals surface area (Å²) in [6.45, 7) is 6.26. The van der Waals surface area contributed by atoms with Gasteiger partial charge in [0.2, 0.25) is 5.88 Å². The van der Waals surface area contributed by atoms with Crippen LogP contribution < -0.4 is 10.1 Å². The second kappa shape index (κ2) is 12.7. The van der Waals surface area contributed by atoms with Gasteiger partial charge in [-0.1, -0.05) is 18.2 Å². The number of halogens is 3. The predicted octanol–water partition coefficient (Wildman–Crippen LogP) is 4.45. The molecule has 2 aromatic rings. The van der Waals surface area contributed by atoms with Crippen LogP contribution in [0, 0.1) is 5.82 Å². The number of ether oxygens (including phenoxy) is 1.